The van der Waals surface area contributed by atoms with Crippen molar-refractivity contribution in [2.75, 3.05) is 25.1 Å². The molecule has 1 aliphatic heterocycles. The lowest BCUT2D eigenvalue weighted by Crippen LogP contribution is -2.46. The molecular formula is C19H25Cl2N3O3. The van der Waals surface area contributed by atoms with Gasteiger partial charge in [0, 0.05) is 31.6 Å². The lowest BCUT2D eigenvalue weighted by atomic mass is 9.79. The number of rotatable bonds is 5. The molecule has 1 saturated heterocycles. The maximum Gasteiger partial charge on any atom is 0.232 e. The number of hydrogen-bond acceptors (Lipinski definition) is 5. The fourth-order valence-electron chi connectivity index (χ4n) is 2.93. The van der Waals surface area contributed by atoms with Crippen LogP contribution in [0, 0.1) is 12.3 Å². The van der Waals surface area contributed by atoms with E-state index in [0.29, 0.717) is 38.3 Å². The second-order valence-electron chi connectivity index (χ2n) is 6.32. The first kappa shape index (κ1) is 23.2. The van der Waals surface area contributed by atoms with Crippen molar-refractivity contribution < 1.29 is 14.3 Å². The van der Waals surface area contributed by atoms with Crippen molar-refractivity contribution in [1.29, 1.82) is 0 Å². The molecule has 0 spiro atoms. The van der Waals surface area contributed by atoms with Crippen molar-refractivity contribution >= 4 is 36.4 Å². The number of aryl methyl sites for hydroxylation is 1. The summed E-state index contributed by atoms with van der Waals surface area (Å²) in [5, 5.41) is 2.99. The van der Waals surface area contributed by atoms with Gasteiger partial charge in [0.2, 0.25) is 5.91 Å². The highest BCUT2D eigenvalue weighted by Crippen LogP contribution is 2.32. The Kier molecular flexibility index (Phi) is 8.99. The fraction of sp³-hybridized carbons (Fsp3) is 0.368. The summed E-state index contributed by atoms with van der Waals surface area (Å²) in [5.41, 5.74) is 7.01. The van der Waals surface area contributed by atoms with Gasteiger partial charge in [0.1, 0.15) is 11.5 Å². The van der Waals surface area contributed by atoms with Crippen molar-refractivity contribution in [3.8, 4) is 11.5 Å². The standard InChI is InChI=1S/C19H23N3O3.2ClH/c1-14-11-15(4-5-17(14)25-16-3-2-8-21-12-16)22-18(23)19(13-20)6-9-24-10-7-19;;/h2-5,8,11-12H,6-7,9-10,13,20H2,1H3,(H,22,23);2*1H. The van der Waals surface area contributed by atoms with Gasteiger partial charge in [-0.05, 0) is 55.7 Å². The SMILES string of the molecule is Cc1cc(NC(=O)C2(CN)CCOCC2)ccc1Oc1cccnc1.Cl.Cl. The highest BCUT2D eigenvalue weighted by atomic mass is 35.5. The van der Waals surface area contributed by atoms with Gasteiger partial charge in [-0.2, -0.15) is 0 Å². The van der Waals surface area contributed by atoms with Crippen molar-refractivity contribution in [3.63, 3.8) is 0 Å². The molecule has 148 valence electrons. The Labute approximate surface area is 171 Å². The molecule has 3 rings (SSSR count). The molecule has 0 unspecified atom stereocenters. The maximum atomic E-state index is 12.7. The van der Waals surface area contributed by atoms with Crippen LogP contribution >= 0.6 is 24.8 Å². The summed E-state index contributed by atoms with van der Waals surface area (Å²) in [4.78, 5) is 16.8. The van der Waals surface area contributed by atoms with Gasteiger partial charge >= 0.3 is 0 Å². The zero-order valence-corrected chi connectivity index (χ0v) is 16.8. The average molecular weight is 414 g/mol. The van der Waals surface area contributed by atoms with Crippen LogP contribution in [-0.4, -0.2) is 30.6 Å². The Hall–Kier alpha value is -1.86. The van der Waals surface area contributed by atoms with E-state index in [0.717, 1.165) is 17.0 Å². The number of nitrogens with zero attached hydrogens (tertiary/aromatic N) is 1. The third-order valence-electron chi connectivity index (χ3n) is 4.62. The normalized spacial score (nSPS) is 15.0. The average Bonchev–Trinajstić information content (AvgIpc) is 2.65. The molecule has 6 nitrogen and oxygen atoms in total. The number of anilines is 1. The second kappa shape index (κ2) is 10.5. The van der Waals surface area contributed by atoms with Gasteiger partial charge in [-0.25, -0.2) is 0 Å². The number of benzene rings is 1. The van der Waals surface area contributed by atoms with E-state index in [1.807, 2.05) is 37.3 Å². The molecule has 1 aromatic heterocycles. The molecule has 27 heavy (non-hydrogen) atoms. The van der Waals surface area contributed by atoms with Crippen LogP contribution in [0.1, 0.15) is 18.4 Å². The van der Waals surface area contributed by atoms with Crippen molar-refractivity contribution in [3.05, 3.63) is 48.3 Å². The van der Waals surface area contributed by atoms with E-state index in [-0.39, 0.29) is 30.7 Å². The first-order chi connectivity index (χ1) is 12.1. The fourth-order valence-corrected chi connectivity index (χ4v) is 2.93. The number of aromatic nitrogens is 1. The van der Waals surface area contributed by atoms with Crippen LogP contribution < -0.4 is 15.8 Å². The van der Waals surface area contributed by atoms with E-state index in [4.69, 9.17) is 15.2 Å². The Morgan fingerprint density at radius 2 is 2.04 bits per heavy atom. The minimum atomic E-state index is -0.545. The second-order valence-corrected chi connectivity index (χ2v) is 6.32. The minimum absolute atomic E-state index is 0. The number of pyridine rings is 1. The molecule has 0 bridgehead atoms. The molecule has 2 heterocycles. The zero-order valence-electron chi connectivity index (χ0n) is 15.1. The van der Waals surface area contributed by atoms with Gasteiger partial charge < -0.3 is 20.5 Å². The van der Waals surface area contributed by atoms with Gasteiger partial charge in [0.05, 0.1) is 11.6 Å². The molecule has 0 atom stereocenters. The number of ether oxygens (including phenoxy) is 2. The Balaban J connectivity index is 0.00000182. The van der Waals surface area contributed by atoms with Crippen LogP contribution in [0.2, 0.25) is 0 Å². The van der Waals surface area contributed by atoms with Gasteiger partial charge in [-0.15, -0.1) is 24.8 Å². The van der Waals surface area contributed by atoms with Crippen molar-refractivity contribution in [1.82, 2.24) is 4.98 Å². The molecule has 2 aromatic rings. The van der Waals surface area contributed by atoms with Crippen LogP contribution in [-0.2, 0) is 9.53 Å². The lowest BCUT2D eigenvalue weighted by Gasteiger charge is -2.34. The van der Waals surface area contributed by atoms with Crippen LogP contribution in [0.15, 0.2) is 42.7 Å². The third-order valence-corrected chi connectivity index (χ3v) is 4.62. The van der Waals surface area contributed by atoms with Crippen LogP contribution in [0.4, 0.5) is 5.69 Å². The number of carbonyl (C=O) groups excluding carboxylic acids is 1. The highest BCUT2D eigenvalue weighted by Gasteiger charge is 2.38. The monoisotopic (exact) mass is 413 g/mol. The summed E-state index contributed by atoms with van der Waals surface area (Å²) in [7, 11) is 0. The van der Waals surface area contributed by atoms with E-state index >= 15 is 0 Å². The Morgan fingerprint density at radius 3 is 2.63 bits per heavy atom. The van der Waals surface area contributed by atoms with Crippen molar-refractivity contribution in [2.24, 2.45) is 11.1 Å². The molecule has 1 aromatic carbocycles. The molecule has 8 heteroatoms. The first-order valence-corrected chi connectivity index (χ1v) is 8.41. The van der Waals surface area contributed by atoms with Crippen LogP contribution in [0.3, 0.4) is 0 Å². The Morgan fingerprint density at radius 1 is 1.30 bits per heavy atom. The summed E-state index contributed by atoms with van der Waals surface area (Å²) in [6, 6.07) is 9.24. The van der Waals surface area contributed by atoms with Gasteiger partial charge in [-0.1, -0.05) is 0 Å². The van der Waals surface area contributed by atoms with E-state index < -0.39 is 5.41 Å². The third kappa shape index (κ3) is 5.56. The number of halogens is 2. The molecule has 0 radical (unpaired) electrons. The van der Waals surface area contributed by atoms with Gasteiger partial charge in [-0.3, -0.25) is 9.78 Å². The van der Waals surface area contributed by atoms with Crippen molar-refractivity contribution in [2.45, 2.75) is 19.8 Å². The smallest absolute Gasteiger partial charge is 0.232 e. The number of amides is 1. The molecule has 1 aliphatic rings. The van der Waals surface area contributed by atoms with E-state index in [1.165, 1.54) is 0 Å². The zero-order chi connectivity index (χ0) is 17.7. The number of carbonyl (C=O) groups is 1. The van der Waals surface area contributed by atoms with E-state index in [2.05, 4.69) is 10.3 Å². The molecule has 1 amide bonds. The summed E-state index contributed by atoms with van der Waals surface area (Å²) in [6.45, 7) is 3.40. The largest absolute Gasteiger partial charge is 0.455 e. The minimum Gasteiger partial charge on any atom is -0.455 e. The number of nitrogens with one attached hydrogen (secondary N) is 1. The van der Waals surface area contributed by atoms with Crippen LogP contribution in [0.25, 0.3) is 0 Å². The molecular weight excluding hydrogens is 389 g/mol. The number of hydrogen-bond donors (Lipinski definition) is 2. The quantitative estimate of drug-likeness (QED) is 0.779. The van der Waals surface area contributed by atoms with E-state index in [9.17, 15) is 4.79 Å². The molecule has 0 aliphatic carbocycles. The van der Waals surface area contributed by atoms with Gasteiger partial charge in [0.15, 0.2) is 0 Å². The number of nitrogens with two attached hydrogens (primary N) is 1. The summed E-state index contributed by atoms with van der Waals surface area (Å²) in [5.74, 6) is 1.36. The first-order valence-electron chi connectivity index (χ1n) is 8.41. The van der Waals surface area contributed by atoms with E-state index in [1.54, 1.807) is 12.4 Å². The predicted molar refractivity (Wildman–Crippen MR) is 110 cm³/mol. The van der Waals surface area contributed by atoms with Gasteiger partial charge in [0.25, 0.3) is 0 Å². The Bertz CT molecular complexity index is 738. The lowest BCUT2D eigenvalue weighted by molar-refractivity contribution is -0.130. The molecule has 1 fully saturated rings. The summed E-state index contributed by atoms with van der Waals surface area (Å²) >= 11 is 0. The molecule has 0 saturated carbocycles. The highest BCUT2D eigenvalue weighted by molar-refractivity contribution is 5.95. The summed E-state index contributed by atoms with van der Waals surface area (Å²) < 4.78 is 11.2. The maximum absolute atomic E-state index is 12.7. The summed E-state index contributed by atoms with van der Waals surface area (Å²) in [6.07, 6.45) is 4.65. The van der Waals surface area contributed by atoms with Crippen LogP contribution in [0.5, 0.6) is 11.5 Å². The molecule has 3 N–H and O–H groups in total. The predicted octanol–water partition coefficient (Wildman–Crippen LogP) is 3.72. The topological polar surface area (TPSA) is 86.5 Å².